The van der Waals surface area contributed by atoms with Crippen LogP contribution in [0.1, 0.15) is 27.7 Å². The highest BCUT2D eigenvalue weighted by molar-refractivity contribution is 7.09. The van der Waals surface area contributed by atoms with Crippen molar-refractivity contribution in [2.24, 2.45) is 0 Å². The fourth-order valence-corrected chi connectivity index (χ4v) is 3.81. The van der Waals surface area contributed by atoms with E-state index in [4.69, 9.17) is 4.74 Å². The van der Waals surface area contributed by atoms with Gasteiger partial charge in [-0.1, -0.05) is 18.2 Å². The third-order valence-electron chi connectivity index (χ3n) is 4.92. The Labute approximate surface area is 195 Å². The lowest BCUT2D eigenvalue weighted by molar-refractivity contribution is -0.116. The summed E-state index contributed by atoms with van der Waals surface area (Å²) in [4.78, 5) is 20.6. The standard InChI is InChI=1S/C25H23FN4O2S/c1-17-27-11-12-30(17)24-9-5-20(13-23(24)26)14-28-25(31)10-6-19-3-7-22(8-4-19)32-15-21-16-33-18(2)29-21/h3-13,16H,14-15H2,1-2H3,(H,28,31)/b10-6+. The molecule has 6 nitrogen and oxygen atoms in total. The van der Waals surface area contributed by atoms with Gasteiger partial charge >= 0.3 is 0 Å². The lowest BCUT2D eigenvalue weighted by atomic mass is 10.2. The first-order valence-corrected chi connectivity index (χ1v) is 11.2. The molecule has 4 aromatic rings. The monoisotopic (exact) mass is 462 g/mol. The number of carbonyl (C=O) groups excluding carboxylic acids is 1. The van der Waals surface area contributed by atoms with E-state index in [1.165, 1.54) is 12.1 Å². The first kappa shape index (κ1) is 22.4. The quantitative estimate of drug-likeness (QED) is 0.375. The molecule has 2 heterocycles. The molecule has 2 aromatic heterocycles. The minimum absolute atomic E-state index is 0.228. The lowest BCUT2D eigenvalue weighted by Crippen LogP contribution is -2.20. The Morgan fingerprint density at radius 1 is 1.21 bits per heavy atom. The van der Waals surface area contributed by atoms with E-state index in [-0.39, 0.29) is 18.3 Å². The average molecular weight is 463 g/mol. The number of halogens is 1. The molecular weight excluding hydrogens is 439 g/mol. The van der Waals surface area contributed by atoms with Crippen LogP contribution in [-0.4, -0.2) is 20.4 Å². The van der Waals surface area contributed by atoms with Crippen LogP contribution in [0.3, 0.4) is 0 Å². The van der Waals surface area contributed by atoms with Crippen molar-refractivity contribution in [2.45, 2.75) is 27.0 Å². The zero-order valence-electron chi connectivity index (χ0n) is 18.3. The summed E-state index contributed by atoms with van der Waals surface area (Å²) in [7, 11) is 0. The molecule has 168 valence electrons. The normalized spacial score (nSPS) is 11.1. The van der Waals surface area contributed by atoms with E-state index in [0.717, 1.165) is 22.0 Å². The van der Waals surface area contributed by atoms with Crippen LogP contribution in [0.2, 0.25) is 0 Å². The summed E-state index contributed by atoms with van der Waals surface area (Å²) in [6.45, 7) is 4.42. The van der Waals surface area contributed by atoms with E-state index in [0.29, 0.717) is 23.7 Å². The first-order chi connectivity index (χ1) is 16.0. The van der Waals surface area contributed by atoms with Gasteiger partial charge in [-0.15, -0.1) is 11.3 Å². The summed E-state index contributed by atoms with van der Waals surface area (Å²) in [5, 5.41) is 5.77. The highest BCUT2D eigenvalue weighted by Crippen LogP contribution is 2.18. The summed E-state index contributed by atoms with van der Waals surface area (Å²) in [5.74, 6) is 0.808. The van der Waals surface area contributed by atoms with Gasteiger partial charge in [-0.05, 0) is 55.3 Å². The van der Waals surface area contributed by atoms with Gasteiger partial charge in [0.25, 0.3) is 0 Å². The van der Waals surface area contributed by atoms with Crippen molar-refractivity contribution in [1.29, 1.82) is 0 Å². The van der Waals surface area contributed by atoms with Crippen molar-refractivity contribution in [3.8, 4) is 11.4 Å². The van der Waals surface area contributed by atoms with E-state index in [9.17, 15) is 9.18 Å². The van der Waals surface area contributed by atoms with Crippen LogP contribution in [0.25, 0.3) is 11.8 Å². The molecule has 0 unspecified atom stereocenters. The number of nitrogens with one attached hydrogen (secondary N) is 1. The molecule has 4 rings (SSSR count). The Morgan fingerprint density at radius 3 is 2.70 bits per heavy atom. The van der Waals surface area contributed by atoms with Gasteiger partial charge in [0, 0.05) is 30.4 Å². The van der Waals surface area contributed by atoms with Crippen LogP contribution in [0.4, 0.5) is 4.39 Å². The summed E-state index contributed by atoms with van der Waals surface area (Å²) in [6.07, 6.45) is 6.50. The minimum Gasteiger partial charge on any atom is -0.487 e. The van der Waals surface area contributed by atoms with Crippen LogP contribution in [0.15, 0.2) is 66.3 Å². The van der Waals surface area contributed by atoms with Gasteiger partial charge in [0.05, 0.1) is 16.4 Å². The van der Waals surface area contributed by atoms with Crippen LogP contribution in [0.5, 0.6) is 5.75 Å². The van der Waals surface area contributed by atoms with Crippen LogP contribution >= 0.6 is 11.3 Å². The van der Waals surface area contributed by atoms with E-state index < -0.39 is 0 Å². The molecule has 0 aliphatic rings. The van der Waals surface area contributed by atoms with Crippen LogP contribution in [0, 0.1) is 19.7 Å². The molecule has 8 heteroatoms. The molecule has 0 saturated carbocycles. The largest absolute Gasteiger partial charge is 0.487 e. The van der Waals surface area contributed by atoms with E-state index >= 15 is 0 Å². The summed E-state index contributed by atoms with van der Waals surface area (Å²) >= 11 is 1.59. The predicted octanol–water partition coefficient (Wildman–Crippen LogP) is 4.99. The van der Waals surface area contributed by atoms with Gasteiger partial charge in [0.15, 0.2) is 0 Å². The highest BCUT2D eigenvalue weighted by atomic mass is 32.1. The maximum absolute atomic E-state index is 14.5. The minimum atomic E-state index is -0.370. The zero-order valence-corrected chi connectivity index (χ0v) is 19.1. The SMILES string of the molecule is Cc1nc(COc2ccc(/C=C/C(=O)NCc3ccc(-n4ccnc4C)c(F)c3)cc2)cs1. The van der Waals surface area contributed by atoms with Crippen LogP contribution < -0.4 is 10.1 Å². The van der Waals surface area contributed by atoms with E-state index in [1.54, 1.807) is 46.5 Å². The van der Waals surface area contributed by atoms with Crippen molar-refractivity contribution >= 4 is 23.3 Å². The number of carbonyl (C=O) groups is 1. The number of aromatic nitrogens is 3. The van der Waals surface area contributed by atoms with Gasteiger partial charge in [0.2, 0.25) is 5.91 Å². The second-order valence-corrected chi connectivity index (χ2v) is 8.46. The second-order valence-electron chi connectivity index (χ2n) is 7.40. The van der Waals surface area contributed by atoms with Crippen LogP contribution in [-0.2, 0) is 17.9 Å². The molecular formula is C25H23FN4O2S. The second kappa shape index (κ2) is 10.2. The topological polar surface area (TPSA) is 69.0 Å². The number of benzene rings is 2. The average Bonchev–Trinajstić information content (AvgIpc) is 3.43. The van der Waals surface area contributed by atoms with Gasteiger partial charge in [-0.25, -0.2) is 14.4 Å². The summed E-state index contributed by atoms with van der Waals surface area (Å²) in [5.41, 5.74) is 2.87. The van der Waals surface area contributed by atoms with Gasteiger partial charge < -0.3 is 14.6 Å². The predicted molar refractivity (Wildman–Crippen MR) is 127 cm³/mol. The Balaban J connectivity index is 1.27. The van der Waals surface area contributed by atoms with Gasteiger partial charge in [-0.2, -0.15) is 0 Å². The fraction of sp³-hybridized carbons (Fsp3) is 0.160. The number of rotatable bonds is 8. The van der Waals surface area contributed by atoms with Crippen molar-refractivity contribution in [1.82, 2.24) is 19.9 Å². The van der Waals surface area contributed by atoms with E-state index in [2.05, 4.69) is 15.3 Å². The Morgan fingerprint density at radius 2 is 2.03 bits per heavy atom. The first-order valence-electron chi connectivity index (χ1n) is 10.4. The number of thiazole rings is 1. The number of nitrogens with zero attached hydrogens (tertiary/aromatic N) is 3. The summed E-state index contributed by atoms with van der Waals surface area (Å²) < 4.78 is 21.9. The van der Waals surface area contributed by atoms with Crippen molar-refractivity contribution in [2.75, 3.05) is 0 Å². The molecule has 0 fully saturated rings. The lowest BCUT2D eigenvalue weighted by Gasteiger charge is -2.09. The third kappa shape index (κ3) is 5.93. The molecule has 0 spiro atoms. The highest BCUT2D eigenvalue weighted by Gasteiger charge is 2.08. The van der Waals surface area contributed by atoms with Crippen molar-refractivity contribution < 1.29 is 13.9 Å². The Hall–Kier alpha value is -3.78. The molecule has 2 aromatic carbocycles. The summed E-state index contributed by atoms with van der Waals surface area (Å²) in [6, 6.07) is 12.3. The number of hydrogen-bond donors (Lipinski definition) is 1. The molecule has 0 bridgehead atoms. The maximum Gasteiger partial charge on any atom is 0.244 e. The Kier molecular flexibility index (Phi) is 6.95. The maximum atomic E-state index is 14.5. The zero-order chi connectivity index (χ0) is 23.2. The van der Waals surface area contributed by atoms with E-state index in [1.807, 2.05) is 43.5 Å². The number of aryl methyl sites for hydroxylation is 2. The number of hydrogen-bond acceptors (Lipinski definition) is 5. The van der Waals surface area contributed by atoms with Crippen molar-refractivity contribution in [3.63, 3.8) is 0 Å². The molecule has 1 N–H and O–H groups in total. The molecule has 0 radical (unpaired) electrons. The van der Waals surface area contributed by atoms with Gasteiger partial charge in [-0.3, -0.25) is 4.79 Å². The number of amides is 1. The molecule has 1 amide bonds. The number of ether oxygens (including phenoxy) is 1. The van der Waals surface area contributed by atoms with Gasteiger partial charge in [0.1, 0.15) is 24.0 Å². The number of imidazole rings is 1. The third-order valence-corrected chi connectivity index (χ3v) is 5.75. The molecule has 0 atom stereocenters. The Bertz CT molecular complexity index is 1280. The molecule has 33 heavy (non-hydrogen) atoms. The fourth-order valence-electron chi connectivity index (χ4n) is 3.22. The molecule has 0 aliphatic heterocycles. The molecule has 0 saturated heterocycles. The van der Waals surface area contributed by atoms with Crippen molar-refractivity contribution in [3.05, 3.63) is 99.8 Å². The smallest absolute Gasteiger partial charge is 0.244 e. The molecule has 0 aliphatic carbocycles.